The van der Waals surface area contributed by atoms with Gasteiger partial charge in [-0.3, -0.25) is 0 Å². The second-order valence-corrected chi connectivity index (χ2v) is 5.71. The van der Waals surface area contributed by atoms with Gasteiger partial charge in [-0.05, 0) is 25.6 Å². The number of rotatable bonds is 2. The molecule has 1 saturated carbocycles. The average molecular weight is 266 g/mol. The summed E-state index contributed by atoms with van der Waals surface area (Å²) in [5.41, 5.74) is 0. The van der Waals surface area contributed by atoms with Crippen LogP contribution >= 0.6 is 35.4 Å². The molecular formula is C10H13Cl2NOS. The molecule has 1 rings (SSSR count). The van der Waals surface area contributed by atoms with Gasteiger partial charge >= 0.3 is 0 Å². The molecule has 0 saturated heterocycles. The molecule has 3 atom stereocenters. The first-order valence-electron chi connectivity index (χ1n) is 4.88. The number of nitrogens with zero attached hydrogens (tertiary/aromatic N) is 1. The Morgan fingerprint density at radius 2 is 2.27 bits per heavy atom. The molecular weight excluding hydrogens is 253 g/mol. The summed E-state index contributed by atoms with van der Waals surface area (Å²) in [6.45, 7) is 4.28. The molecule has 2 nitrogen and oxygen atoms in total. The van der Waals surface area contributed by atoms with Crippen LogP contribution in [0.2, 0.25) is 0 Å². The molecule has 0 bridgehead atoms. The lowest BCUT2D eigenvalue weighted by molar-refractivity contribution is 0.289. The number of nitriles is 1. The Kier molecular flexibility index (Phi) is 4.22. The summed E-state index contributed by atoms with van der Waals surface area (Å²) in [6.07, 6.45) is 0.450. The van der Waals surface area contributed by atoms with E-state index in [1.54, 1.807) is 0 Å². The molecule has 15 heavy (non-hydrogen) atoms. The van der Waals surface area contributed by atoms with E-state index in [4.69, 9.17) is 45.4 Å². The summed E-state index contributed by atoms with van der Waals surface area (Å²) >= 11 is 17.4. The van der Waals surface area contributed by atoms with Crippen LogP contribution in [-0.4, -0.2) is 16.0 Å². The maximum absolute atomic E-state index is 9.02. The minimum Gasteiger partial charge on any atom is -0.487 e. The highest BCUT2D eigenvalue weighted by atomic mass is 35.5. The summed E-state index contributed by atoms with van der Waals surface area (Å²) in [5, 5.41) is 9.48. The quantitative estimate of drug-likeness (QED) is 0.567. The SMILES string of the molecule is CCOC(=S)[C@@H]1[C@@H](C)C(Cl)(Cl)C[C@@H]1C#N. The van der Waals surface area contributed by atoms with Gasteiger partial charge in [0.2, 0.25) is 0 Å². The average Bonchev–Trinajstić information content (AvgIpc) is 2.38. The largest absolute Gasteiger partial charge is 0.487 e. The van der Waals surface area contributed by atoms with Gasteiger partial charge in [-0.2, -0.15) is 5.26 Å². The van der Waals surface area contributed by atoms with Gasteiger partial charge in [0.1, 0.15) is 4.33 Å². The molecule has 0 heterocycles. The normalized spacial score (nSPS) is 33.4. The van der Waals surface area contributed by atoms with Crippen LogP contribution in [0.3, 0.4) is 0 Å². The van der Waals surface area contributed by atoms with Crippen LogP contribution in [0.1, 0.15) is 20.3 Å². The summed E-state index contributed by atoms with van der Waals surface area (Å²) in [5.74, 6) is -0.432. The van der Waals surface area contributed by atoms with Crippen molar-refractivity contribution in [2.75, 3.05) is 6.61 Å². The highest BCUT2D eigenvalue weighted by Crippen LogP contribution is 2.51. The van der Waals surface area contributed by atoms with Crippen molar-refractivity contribution < 1.29 is 4.74 Å². The van der Waals surface area contributed by atoms with Crippen molar-refractivity contribution in [3.8, 4) is 6.07 Å². The van der Waals surface area contributed by atoms with Crippen LogP contribution in [0.25, 0.3) is 0 Å². The van der Waals surface area contributed by atoms with Crippen LogP contribution in [-0.2, 0) is 4.74 Å². The molecule has 5 heteroatoms. The Hall–Kier alpha value is -0.0400. The molecule has 0 amide bonds. The van der Waals surface area contributed by atoms with Crippen molar-refractivity contribution in [2.24, 2.45) is 17.8 Å². The van der Waals surface area contributed by atoms with Crippen molar-refractivity contribution >= 4 is 40.5 Å². The van der Waals surface area contributed by atoms with E-state index in [1.165, 1.54) is 0 Å². The summed E-state index contributed by atoms with van der Waals surface area (Å²) < 4.78 is 4.42. The van der Waals surface area contributed by atoms with Crippen LogP contribution in [0.15, 0.2) is 0 Å². The highest BCUT2D eigenvalue weighted by Gasteiger charge is 2.51. The third kappa shape index (κ3) is 2.55. The predicted octanol–water partition coefficient (Wildman–Crippen LogP) is 3.32. The predicted molar refractivity (Wildman–Crippen MR) is 65.0 cm³/mol. The van der Waals surface area contributed by atoms with Crippen LogP contribution in [0.5, 0.6) is 0 Å². The Morgan fingerprint density at radius 1 is 1.67 bits per heavy atom. The molecule has 84 valence electrons. The van der Waals surface area contributed by atoms with E-state index in [2.05, 4.69) is 6.07 Å². The molecule has 0 aromatic rings. The van der Waals surface area contributed by atoms with E-state index in [9.17, 15) is 0 Å². The van der Waals surface area contributed by atoms with Gasteiger partial charge in [-0.15, -0.1) is 23.2 Å². The minimum absolute atomic E-state index is 0.0514. The van der Waals surface area contributed by atoms with E-state index < -0.39 is 4.33 Å². The molecule has 1 fully saturated rings. The van der Waals surface area contributed by atoms with E-state index in [1.807, 2.05) is 13.8 Å². The van der Waals surface area contributed by atoms with Gasteiger partial charge in [0.25, 0.3) is 0 Å². The monoisotopic (exact) mass is 265 g/mol. The maximum atomic E-state index is 9.02. The van der Waals surface area contributed by atoms with Crippen molar-refractivity contribution in [3.63, 3.8) is 0 Å². The number of halogens is 2. The summed E-state index contributed by atoms with van der Waals surface area (Å²) in [7, 11) is 0. The Morgan fingerprint density at radius 3 is 2.73 bits per heavy atom. The third-order valence-electron chi connectivity index (χ3n) is 2.86. The van der Waals surface area contributed by atoms with Gasteiger partial charge in [-0.1, -0.05) is 6.92 Å². The Bertz CT molecular complexity index is 300. The first kappa shape index (κ1) is 13.0. The van der Waals surface area contributed by atoms with Crippen molar-refractivity contribution in [1.82, 2.24) is 0 Å². The van der Waals surface area contributed by atoms with Gasteiger partial charge in [0, 0.05) is 11.8 Å². The Labute approximate surface area is 105 Å². The van der Waals surface area contributed by atoms with Crippen LogP contribution < -0.4 is 0 Å². The first-order chi connectivity index (χ1) is 6.94. The second-order valence-electron chi connectivity index (χ2n) is 3.77. The molecule has 0 spiro atoms. The van der Waals surface area contributed by atoms with Gasteiger partial charge < -0.3 is 4.74 Å². The number of ether oxygens (including phenoxy) is 1. The van der Waals surface area contributed by atoms with Crippen LogP contribution in [0, 0.1) is 29.1 Å². The smallest absolute Gasteiger partial charge is 0.164 e. The third-order valence-corrected chi connectivity index (χ3v) is 4.24. The zero-order valence-corrected chi connectivity index (χ0v) is 11.0. The number of thiocarbonyl (C=S) groups is 1. The number of hydrogen-bond donors (Lipinski definition) is 0. The highest BCUT2D eigenvalue weighted by molar-refractivity contribution is 7.80. The molecule has 1 aliphatic carbocycles. The maximum Gasteiger partial charge on any atom is 0.164 e. The molecule has 0 N–H and O–H groups in total. The lowest BCUT2D eigenvalue weighted by Crippen LogP contribution is -2.27. The van der Waals surface area contributed by atoms with Crippen molar-refractivity contribution in [1.29, 1.82) is 5.26 Å². The number of alkyl halides is 2. The van der Waals surface area contributed by atoms with E-state index >= 15 is 0 Å². The topological polar surface area (TPSA) is 33.0 Å². The summed E-state index contributed by atoms with van der Waals surface area (Å²) in [6, 6.07) is 2.20. The molecule has 0 aromatic carbocycles. The van der Waals surface area contributed by atoms with Gasteiger partial charge in [0.05, 0.1) is 18.6 Å². The molecule has 0 aromatic heterocycles. The minimum atomic E-state index is -0.869. The Balaban J connectivity index is 2.87. The van der Waals surface area contributed by atoms with Gasteiger partial charge in [-0.25, -0.2) is 0 Å². The van der Waals surface area contributed by atoms with E-state index in [-0.39, 0.29) is 17.8 Å². The van der Waals surface area contributed by atoms with Crippen molar-refractivity contribution in [3.05, 3.63) is 0 Å². The van der Waals surface area contributed by atoms with Gasteiger partial charge in [0.15, 0.2) is 5.05 Å². The fourth-order valence-corrected chi connectivity index (χ4v) is 3.04. The second kappa shape index (κ2) is 4.86. The molecule has 0 unspecified atom stereocenters. The lowest BCUT2D eigenvalue weighted by atomic mass is 9.92. The zero-order valence-electron chi connectivity index (χ0n) is 8.67. The fraction of sp³-hybridized carbons (Fsp3) is 0.800. The van der Waals surface area contributed by atoms with E-state index in [0.29, 0.717) is 18.1 Å². The fourth-order valence-electron chi connectivity index (χ4n) is 1.95. The van der Waals surface area contributed by atoms with Crippen LogP contribution in [0.4, 0.5) is 0 Å². The molecule has 0 aliphatic heterocycles. The zero-order chi connectivity index (χ0) is 11.6. The lowest BCUT2D eigenvalue weighted by Gasteiger charge is -2.23. The van der Waals surface area contributed by atoms with Crippen molar-refractivity contribution in [2.45, 2.75) is 24.6 Å². The molecule has 1 aliphatic rings. The van der Waals surface area contributed by atoms with E-state index in [0.717, 1.165) is 0 Å². The first-order valence-corrected chi connectivity index (χ1v) is 6.04. The number of hydrogen-bond acceptors (Lipinski definition) is 3. The standard InChI is InChI=1S/C10H13Cl2NOS/c1-3-14-9(15)8-6(2)10(11,12)4-7(8)5-13/h6-8H,3-4H2,1-2H3/t6-,7-,8-/m1/s1. The molecule has 0 radical (unpaired) electrons. The summed E-state index contributed by atoms with van der Waals surface area (Å²) in [4.78, 5) is 0.